The van der Waals surface area contributed by atoms with Crippen LogP contribution in [-0.2, 0) is 24.5 Å². The lowest BCUT2D eigenvalue weighted by atomic mass is 10.1. The normalized spacial score (nSPS) is 17.4. The summed E-state index contributed by atoms with van der Waals surface area (Å²) in [6.07, 6.45) is -0.356. The van der Waals surface area contributed by atoms with Crippen LogP contribution in [-0.4, -0.2) is 62.3 Å². The van der Waals surface area contributed by atoms with Crippen LogP contribution in [0.4, 0.5) is 4.79 Å². The molecular formula is C11H20N2O7S. The molecule has 10 heteroatoms. The minimum Gasteiger partial charge on any atom is -0.481 e. The molecule has 2 N–H and O–H groups in total. The number of hydrogen-bond acceptors (Lipinski definition) is 6. The molecule has 122 valence electrons. The summed E-state index contributed by atoms with van der Waals surface area (Å²) in [6.45, 7) is 2.17. The minimum atomic E-state index is -3.90. The predicted molar refractivity (Wildman–Crippen MR) is 71.9 cm³/mol. The highest BCUT2D eigenvalue weighted by Gasteiger charge is 2.29. The first-order chi connectivity index (χ1) is 9.85. The van der Waals surface area contributed by atoms with Crippen molar-refractivity contribution < 1.29 is 32.6 Å². The van der Waals surface area contributed by atoms with Crippen LogP contribution >= 0.6 is 0 Å². The summed E-state index contributed by atoms with van der Waals surface area (Å²) in [7, 11) is -3.90. The van der Waals surface area contributed by atoms with Gasteiger partial charge >= 0.3 is 22.3 Å². The van der Waals surface area contributed by atoms with Crippen LogP contribution in [0.2, 0.25) is 0 Å². The van der Waals surface area contributed by atoms with E-state index in [1.165, 1.54) is 0 Å². The Balaban J connectivity index is 2.37. The Labute approximate surface area is 123 Å². The number of amides is 1. The van der Waals surface area contributed by atoms with Gasteiger partial charge in [0.25, 0.3) is 0 Å². The van der Waals surface area contributed by atoms with E-state index in [4.69, 9.17) is 9.84 Å². The number of nitrogens with zero attached hydrogens (tertiary/aromatic N) is 1. The molecule has 1 heterocycles. The van der Waals surface area contributed by atoms with E-state index in [1.807, 2.05) is 4.72 Å². The van der Waals surface area contributed by atoms with Crippen LogP contribution in [0.15, 0.2) is 0 Å². The van der Waals surface area contributed by atoms with E-state index in [-0.39, 0.29) is 38.8 Å². The SMILES string of the molecule is CCOC(=O)NS(=O)(=O)N1CCC(OCCC(=O)O)CC1. The van der Waals surface area contributed by atoms with E-state index in [0.717, 1.165) is 4.31 Å². The first-order valence-corrected chi connectivity index (χ1v) is 8.07. The van der Waals surface area contributed by atoms with Crippen molar-refractivity contribution in [3.63, 3.8) is 0 Å². The third kappa shape index (κ3) is 6.27. The Kier molecular flexibility index (Phi) is 6.85. The Morgan fingerprint density at radius 3 is 2.48 bits per heavy atom. The Morgan fingerprint density at radius 1 is 1.33 bits per heavy atom. The van der Waals surface area contributed by atoms with Gasteiger partial charge in [0.2, 0.25) is 0 Å². The van der Waals surface area contributed by atoms with E-state index < -0.39 is 22.3 Å². The molecule has 0 aliphatic carbocycles. The number of rotatable bonds is 7. The zero-order valence-electron chi connectivity index (χ0n) is 11.8. The van der Waals surface area contributed by atoms with Crippen LogP contribution in [0.1, 0.15) is 26.2 Å². The van der Waals surface area contributed by atoms with Gasteiger partial charge in [0, 0.05) is 13.1 Å². The molecule has 0 aromatic rings. The van der Waals surface area contributed by atoms with E-state index in [2.05, 4.69) is 4.74 Å². The van der Waals surface area contributed by atoms with Gasteiger partial charge in [-0.3, -0.25) is 4.79 Å². The number of hydrogen-bond donors (Lipinski definition) is 2. The lowest BCUT2D eigenvalue weighted by Crippen LogP contribution is -2.48. The van der Waals surface area contributed by atoms with Crippen LogP contribution < -0.4 is 4.72 Å². The van der Waals surface area contributed by atoms with E-state index in [0.29, 0.717) is 12.8 Å². The second-order valence-corrected chi connectivity index (χ2v) is 6.11. The van der Waals surface area contributed by atoms with Crippen molar-refractivity contribution in [3.05, 3.63) is 0 Å². The number of nitrogens with one attached hydrogen (secondary N) is 1. The highest BCUT2D eigenvalue weighted by molar-refractivity contribution is 7.87. The molecule has 1 aliphatic rings. The molecule has 1 amide bonds. The number of aliphatic carboxylic acids is 1. The Hall–Kier alpha value is -1.39. The average Bonchev–Trinajstić information content (AvgIpc) is 2.38. The smallest absolute Gasteiger partial charge is 0.421 e. The van der Waals surface area contributed by atoms with Gasteiger partial charge in [-0.15, -0.1) is 0 Å². The quantitative estimate of drug-likeness (QED) is 0.672. The number of carboxylic acid groups (broad SMARTS) is 1. The number of carbonyl (C=O) groups excluding carboxylic acids is 1. The van der Waals surface area contributed by atoms with Gasteiger partial charge in [0.15, 0.2) is 0 Å². The maximum Gasteiger partial charge on any atom is 0.421 e. The maximum atomic E-state index is 11.9. The van der Waals surface area contributed by atoms with Crippen molar-refractivity contribution in [2.24, 2.45) is 0 Å². The highest BCUT2D eigenvalue weighted by atomic mass is 32.2. The molecule has 1 saturated heterocycles. The molecule has 0 bridgehead atoms. The topological polar surface area (TPSA) is 122 Å². The van der Waals surface area contributed by atoms with E-state index in [9.17, 15) is 18.0 Å². The van der Waals surface area contributed by atoms with E-state index in [1.54, 1.807) is 6.92 Å². The fourth-order valence-electron chi connectivity index (χ4n) is 1.88. The number of carboxylic acids is 1. The number of piperidine rings is 1. The fourth-order valence-corrected chi connectivity index (χ4v) is 2.97. The van der Waals surface area contributed by atoms with Crippen molar-refractivity contribution in [1.82, 2.24) is 9.03 Å². The first kappa shape index (κ1) is 17.7. The lowest BCUT2D eigenvalue weighted by Gasteiger charge is -2.30. The highest BCUT2D eigenvalue weighted by Crippen LogP contribution is 2.16. The van der Waals surface area contributed by atoms with Crippen molar-refractivity contribution in [2.45, 2.75) is 32.3 Å². The third-order valence-electron chi connectivity index (χ3n) is 2.90. The molecule has 0 spiro atoms. The van der Waals surface area contributed by atoms with Crippen LogP contribution in [0.3, 0.4) is 0 Å². The molecule has 0 unspecified atom stereocenters. The van der Waals surface area contributed by atoms with Crippen LogP contribution in [0.25, 0.3) is 0 Å². The van der Waals surface area contributed by atoms with E-state index >= 15 is 0 Å². The molecule has 21 heavy (non-hydrogen) atoms. The molecule has 0 aromatic heterocycles. The van der Waals surface area contributed by atoms with Gasteiger partial charge in [-0.2, -0.15) is 12.7 Å². The second kappa shape index (κ2) is 8.15. The summed E-state index contributed by atoms with van der Waals surface area (Å²) in [5, 5.41) is 8.50. The van der Waals surface area contributed by atoms with Crippen LogP contribution in [0, 0.1) is 0 Å². The minimum absolute atomic E-state index is 0.0804. The standard InChI is InChI=1S/C11H20N2O7S/c1-2-19-11(16)12-21(17,18)13-6-3-9(4-7-13)20-8-5-10(14)15/h9H,2-8H2,1H3,(H,12,16)(H,14,15). The molecule has 1 aliphatic heterocycles. The number of carbonyl (C=O) groups is 2. The zero-order valence-corrected chi connectivity index (χ0v) is 12.6. The van der Waals surface area contributed by atoms with Crippen molar-refractivity contribution in [2.75, 3.05) is 26.3 Å². The van der Waals surface area contributed by atoms with Gasteiger partial charge in [-0.25, -0.2) is 9.52 Å². The van der Waals surface area contributed by atoms with Gasteiger partial charge in [-0.05, 0) is 19.8 Å². The summed E-state index contributed by atoms with van der Waals surface area (Å²) >= 11 is 0. The van der Waals surface area contributed by atoms with Gasteiger partial charge in [0.1, 0.15) is 0 Å². The molecule has 1 fully saturated rings. The van der Waals surface area contributed by atoms with Crippen LogP contribution in [0.5, 0.6) is 0 Å². The molecule has 0 atom stereocenters. The largest absolute Gasteiger partial charge is 0.481 e. The summed E-state index contributed by atoms with van der Waals surface area (Å²) in [5.41, 5.74) is 0. The zero-order chi connectivity index (χ0) is 15.9. The third-order valence-corrected chi connectivity index (χ3v) is 4.37. The molecule has 9 nitrogen and oxygen atoms in total. The molecule has 0 aromatic carbocycles. The summed E-state index contributed by atoms with van der Waals surface area (Å²) < 4.78 is 36.6. The molecule has 0 radical (unpaired) electrons. The monoisotopic (exact) mass is 324 g/mol. The second-order valence-electron chi connectivity index (χ2n) is 4.44. The summed E-state index contributed by atoms with van der Waals surface area (Å²) in [6, 6.07) is 0. The van der Waals surface area contributed by atoms with Gasteiger partial charge in [0.05, 0.1) is 25.7 Å². The molecular weight excluding hydrogens is 304 g/mol. The number of ether oxygens (including phenoxy) is 2. The molecule has 1 rings (SSSR count). The first-order valence-electron chi connectivity index (χ1n) is 6.63. The fraction of sp³-hybridized carbons (Fsp3) is 0.818. The molecule has 0 saturated carbocycles. The summed E-state index contributed by atoms with van der Waals surface area (Å²) in [5.74, 6) is -0.936. The van der Waals surface area contributed by atoms with Crippen molar-refractivity contribution in [3.8, 4) is 0 Å². The summed E-state index contributed by atoms with van der Waals surface area (Å²) in [4.78, 5) is 21.5. The maximum absolute atomic E-state index is 11.9. The van der Waals surface area contributed by atoms with Crippen molar-refractivity contribution >= 4 is 22.3 Å². The Bertz CT molecular complexity index is 457. The van der Waals surface area contributed by atoms with Gasteiger partial charge < -0.3 is 14.6 Å². The van der Waals surface area contributed by atoms with Crippen molar-refractivity contribution in [1.29, 1.82) is 0 Å². The predicted octanol–water partition coefficient (Wildman–Crippen LogP) is -0.0670. The Morgan fingerprint density at radius 2 is 1.95 bits per heavy atom. The average molecular weight is 324 g/mol. The lowest BCUT2D eigenvalue weighted by molar-refractivity contribution is -0.138. The van der Waals surface area contributed by atoms with Gasteiger partial charge in [-0.1, -0.05) is 0 Å².